The van der Waals surface area contributed by atoms with Gasteiger partial charge in [0.15, 0.2) is 0 Å². The highest BCUT2D eigenvalue weighted by atomic mass is 32.1. The second kappa shape index (κ2) is 8.47. The van der Waals surface area contributed by atoms with Crippen LogP contribution in [0.15, 0.2) is 23.2 Å². The predicted octanol–water partition coefficient (Wildman–Crippen LogP) is 3.13. The van der Waals surface area contributed by atoms with Gasteiger partial charge in [-0.05, 0) is 25.0 Å². The fourth-order valence-corrected chi connectivity index (χ4v) is 4.16. The minimum atomic E-state index is -0.497. The lowest BCUT2D eigenvalue weighted by atomic mass is 9.96. The van der Waals surface area contributed by atoms with Gasteiger partial charge in [-0.2, -0.15) is 5.10 Å². The molecule has 27 heavy (non-hydrogen) atoms. The van der Waals surface area contributed by atoms with Gasteiger partial charge in [-0.25, -0.2) is 9.48 Å². The van der Waals surface area contributed by atoms with E-state index < -0.39 is 5.97 Å². The molecule has 1 saturated carbocycles. The summed E-state index contributed by atoms with van der Waals surface area (Å²) in [6, 6.07) is 5.57. The number of aromatic nitrogens is 2. The fraction of sp³-hybridized carbons (Fsp3) is 0.474. The molecule has 3 rings (SSSR count). The molecule has 0 radical (unpaired) electrons. The lowest BCUT2D eigenvalue weighted by molar-refractivity contribution is -0.114. The quantitative estimate of drug-likeness (QED) is 0.816. The number of benzene rings is 1. The second-order valence-electron chi connectivity index (χ2n) is 6.67. The Morgan fingerprint density at radius 3 is 2.70 bits per heavy atom. The van der Waals surface area contributed by atoms with Crippen molar-refractivity contribution in [2.24, 2.45) is 12.0 Å². The van der Waals surface area contributed by atoms with Crippen LogP contribution >= 0.6 is 11.3 Å². The number of rotatable bonds is 4. The largest absolute Gasteiger partial charge is 0.465 e. The first-order chi connectivity index (χ1) is 13.0. The van der Waals surface area contributed by atoms with Crippen LogP contribution in [0.5, 0.6) is 0 Å². The third-order valence-corrected chi connectivity index (χ3v) is 5.62. The van der Waals surface area contributed by atoms with E-state index in [2.05, 4.69) is 10.4 Å². The van der Waals surface area contributed by atoms with Gasteiger partial charge in [0, 0.05) is 19.5 Å². The molecule has 1 fully saturated rings. The molecule has 2 aromatic rings. The Kier molecular flexibility index (Phi) is 6.05. The van der Waals surface area contributed by atoms with E-state index in [4.69, 9.17) is 9.73 Å². The summed E-state index contributed by atoms with van der Waals surface area (Å²) in [5.41, 5.74) is 1.54. The number of nitrogens with zero attached hydrogens (tertiary/aromatic N) is 3. The molecule has 8 heteroatoms. The van der Waals surface area contributed by atoms with E-state index in [-0.39, 0.29) is 5.91 Å². The summed E-state index contributed by atoms with van der Waals surface area (Å²) in [5, 5.41) is 8.05. The van der Waals surface area contributed by atoms with Gasteiger partial charge in [0.1, 0.15) is 5.01 Å². The van der Waals surface area contributed by atoms with Gasteiger partial charge in [-0.3, -0.25) is 9.79 Å². The lowest BCUT2D eigenvalue weighted by Crippen LogP contribution is -2.18. The number of carbonyl (C=O) groups excluding carboxylic acids is 2. The number of amides is 1. The zero-order valence-electron chi connectivity index (χ0n) is 15.8. The van der Waals surface area contributed by atoms with Gasteiger partial charge in [0.2, 0.25) is 10.7 Å². The Bertz CT molecular complexity index is 910. The van der Waals surface area contributed by atoms with Crippen molar-refractivity contribution in [1.82, 2.24) is 9.78 Å². The maximum Gasteiger partial charge on any atom is 0.339 e. The fourth-order valence-electron chi connectivity index (χ4n) is 3.20. The van der Waals surface area contributed by atoms with Crippen LogP contribution in [0.1, 0.15) is 49.4 Å². The first kappa shape index (κ1) is 19.3. The summed E-state index contributed by atoms with van der Waals surface area (Å²) < 4.78 is 6.58. The Morgan fingerprint density at radius 1 is 1.30 bits per heavy atom. The van der Waals surface area contributed by atoms with Crippen LogP contribution in [0.4, 0.5) is 5.69 Å². The lowest BCUT2D eigenvalue weighted by Gasteiger charge is -2.16. The molecule has 0 aliphatic heterocycles. The summed E-state index contributed by atoms with van der Waals surface area (Å²) in [6.45, 7) is 1.40. The van der Waals surface area contributed by atoms with Gasteiger partial charge in [-0.15, -0.1) is 0 Å². The molecule has 1 aliphatic rings. The summed E-state index contributed by atoms with van der Waals surface area (Å²) in [4.78, 5) is 29.2. The zero-order chi connectivity index (χ0) is 19.4. The van der Waals surface area contributed by atoms with E-state index in [1.165, 1.54) is 44.6 Å². The van der Waals surface area contributed by atoms with Crippen LogP contribution in [0.25, 0.3) is 10.6 Å². The topological polar surface area (TPSA) is 85.6 Å². The number of aryl methyl sites for hydroxylation is 1. The molecule has 0 atom stereocenters. The average molecular weight is 388 g/mol. The number of methoxy groups -OCH3 is 1. The smallest absolute Gasteiger partial charge is 0.339 e. The number of anilines is 1. The molecule has 1 heterocycles. The van der Waals surface area contributed by atoms with Gasteiger partial charge < -0.3 is 10.1 Å². The van der Waals surface area contributed by atoms with Gasteiger partial charge in [0.25, 0.3) is 0 Å². The molecule has 7 nitrogen and oxygen atoms in total. The molecule has 1 N–H and O–H groups in total. The van der Waals surface area contributed by atoms with Crippen molar-refractivity contribution in [3.63, 3.8) is 0 Å². The molecular formula is C19H24N4O3S. The van der Waals surface area contributed by atoms with Crippen molar-refractivity contribution in [3.05, 3.63) is 28.6 Å². The molecule has 0 spiro atoms. The number of hydrogen-bond donors (Lipinski definition) is 1. The Morgan fingerprint density at radius 2 is 2.04 bits per heavy atom. The van der Waals surface area contributed by atoms with Crippen LogP contribution < -0.4 is 10.1 Å². The van der Waals surface area contributed by atoms with Crippen LogP contribution in [-0.4, -0.2) is 34.8 Å². The molecule has 0 bridgehead atoms. The summed E-state index contributed by atoms with van der Waals surface area (Å²) >= 11 is 1.51. The van der Waals surface area contributed by atoms with E-state index in [1.807, 2.05) is 7.05 Å². The molecule has 0 unspecified atom stereocenters. The van der Waals surface area contributed by atoms with Crippen LogP contribution in [0.2, 0.25) is 0 Å². The number of ether oxygens (including phenoxy) is 1. The van der Waals surface area contributed by atoms with Crippen molar-refractivity contribution in [1.29, 1.82) is 0 Å². The normalized spacial score (nSPS) is 15.6. The average Bonchev–Trinajstić information content (AvgIpc) is 3.02. The third kappa shape index (κ3) is 4.63. The van der Waals surface area contributed by atoms with Crippen molar-refractivity contribution < 1.29 is 14.3 Å². The van der Waals surface area contributed by atoms with E-state index >= 15 is 0 Å². The SMILES string of the molecule is COC(=O)c1ccc(-c2nn(C)/c(=N\C3CCCCC3)s2)cc1NC(C)=O. The number of hydrogen-bond acceptors (Lipinski definition) is 6. The molecule has 1 amide bonds. The first-order valence-electron chi connectivity index (χ1n) is 9.06. The maximum atomic E-state index is 11.9. The monoisotopic (exact) mass is 388 g/mol. The maximum absolute atomic E-state index is 11.9. The van der Waals surface area contributed by atoms with E-state index in [0.29, 0.717) is 17.3 Å². The highest BCUT2D eigenvalue weighted by molar-refractivity contribution is 7.12. The number of carbonyl (C=O) groups is 2. The minimum absolute atomic E-state index is 0.255. The third-order valence-electron chi connectivity index (χ3n) is 4.56. The minimum Gasteiger partial charge on any atom is -0.465 e. The van der Waals surface area contributed by atoms with Crippen molar-refractivity contribution in [3.8, 4) is 10.6 Å². The van der Waals surface area contributed by atoms with Crippen molar-refractivity contribution >= 4 is 28.9 Å². The molecule has 1 aromatic heterocycles. The zero-order valence-corrected chi connectivity index (χ0v) is 16.6. The summed E-state index contributed by atoms with van der Waals surface area (Å²) in [7, 11) is 3.20. The van der Waals surface area contributed by atoms with E-state index in [0.717, 1.165) is 28.2 Å². The first-order valence-corrected chi connectivity index (χ1v) is 9.88. The van der Waals surface area contributed by atoms with Crippen molar-refractivity contribution in [2.75, 3.05) is 12.4 Å². The molecule has 1 aromatic carbocycles. The van der Waals surface area contributed by atoms with Crippen LogP contribution in [0.3, 0.4) is 0 Å². The highest BCUT2D eigenvalue weighted by Crippen LogP contribution is 2.27. The summed E-state index contributed by atoms with van der Waals surface area (Å²) in [6.07, 6.45) is 6.03. The second-order valence-corrected chi connectivity index (χ2v) is 7.62. The van der Waals surface area contributed by atoms with Gasteiger partial charge in [-0.1, -0.05) is 36.7 Å². The number of esters is 1. The Labute approximate surface area is 162 Å². The van der Waals surface area contributed by atoms with E-state index in [9.17, 15) is 9.59 Å². The van der Waals surface area contributed by atoms with Crippen molar-refractivity contribution in [2.45, 2.75) is 45.1 Å². The van der Waals surface area contributed by atoms with E-state index in [1.54, 1.807) is 22.9 Å². The molecule has 0 saturated heterocycles. The highest BCUT2D eigenvalue weighted by Gasteiger charge is 2.16. The Hall–Kier alpha value is -2.48. The van der Waals surface area contributed by atoms with Gasteiger partial charge >= 0.3 is 5.97 Å². The predicted molar refractivity (Wildman–Crippen MR) is 105 cm³/mol. The molecular weight excluding hydrogens is 364 g/mol. The van der Waals surface area contributed by atoms with Crippen LogP contribution in [-0.2, 0) is 16.6 Å². The van der Waals surface area contributed by atoms with Crippen LogP contribution in [0, 0.1) is 0 Å². The molecule has 1 aliphatic carbocycles. The number of nitrogens with one attached hydrogen (secondary N) is 1. The van der Waals surface area contributed by atoms with Gasteiger partial charge in [0.05, 0.1) is 24.4 Å². The summed E-state index contributed by atoms with van der Waals surface area (Å²) in [5.74, 6) is -0.752. The Balaban J connectivity index is 1.96. The molecule has 144 valence electrons. The standard InChI is InChI=1S/C19H24N4O3S/c1-12(24)20-16-11-13(9-10-15(16)18(25)26-3)17-22-23(2)19(27-17)21-14-7-5-4-6-8-14/h9-11,14H,4-8H2,1-3H3,(H,20,24)/b21-19+.